The van der Waals surface area contributed by atoms with Gasteiger partial charge in [-0.2, -0.15) is 0 Å². The Kier molecular flexibility index (Phi) is 5.24. The number of methoxy groups -OCH3 is 1. The van der Waals surface area contributed by atoms with E-state index in [0.29, 0.717) is 5.56 Å². The molecular weight excluding hydrogens is 348 g/mol. The van der Waals surface area contributed by atoms with E-state index in [9.17, 15) is 4.79 Å². The lowest BCUT2D eigenvalue weighted by atomic mass is 10.1. The molecule has 5 heteroatoms. The fraction of sp³-hybridized carbons (Fsp3) is 0.143. The number of halogens is 1. The van der Waals surface area contributed by atoms with E-state index in [-0.39, 0.29) is 5.97 Å². The first-order valence-electron chi connectivity index (χ1n) is 8.16. The van der Waals surface area contributed by atoms with Crippen molar-refractivity contribution in [3.63, 3.8) is 0 Å². The van der Waals surface area contributed by atoms with Gasteiger partial charge in [-0.3, -0.25) is 4.99 Å². The van der Waals surface area contributed by atoms with Gasteiger partial charge in [0.2, 0.25) is 0 Å². The fourth-order valence-electron chi connectivity index (χ4n) is 2.65. The molecule has 0 spiro atoms. The number of nitrogens with zero attached hydrogens (tertiary/aromatic N) is 2. The molecule has 0 amide bonds. The van der Waals surface area contributed by atoms with Crippen molar-refractivity contribution in [1.82, 2.24) is 4.57 Å². The van der Waals surface area contributed by atoms with Crippen LogP contribution in [-0.2, 0) is 4.74 Å². The SMILES string of the molecule is COC(=O)c1ccc(N=Cc2cccn2-c2ccc(C)c(Cl)c2)c(C)c1. The molecular formula is C21H19ClN2O2. The third kappa shape index (κ3) is 3.70. The Balaban J connectivity index is 1.89. The number of hydrogen-bond donors (Lipinski definition) is 0. The van der Waals surface area contributed by atoms with Crippen molar-refractivity contribution in [2.75, 3.05) is 7.11 Å². The predicted molar refractivity (Wildman–Crippen MR) is 105 cm³/mol. The molecule has 0 saturated carbocycles. The molecule has 0 bridgehead atoms. The van der Waals surface area contributed by atoms with Gasteiger partial charge in [-0.25, -0.2) is 4.79 Å². The Hall–Kier alpha value is -2.85. The van der Waals surface area contributed by atoms with Crippen LogP contribution in [0.15, 0.2) is 59.7 Å². The zero-order chi connectivity index (χ0) is 18.7. The summed E-state index contributed by atoms with van der Waals surface area (Å²) < 4.78 is 6.76. The van der Waals surface area contributed by atoms with Crippen molar-refractivity contribution in [2.45, 2.75) is 13.8 Å². The van der Waals surface area contributed by atoms with E-state index >= 15 is 0 Å². The summed E-state index contributed by atoms with van der Waals surface area (Å²) in [4.78, 5) is 16.2. The van der Waals surface area contributed by atoms with Gasteiger partial charge in [0.15, 0.2) is 0 Å². The Bertz CT molecular complexity index is 989. The zero-order valence-corrected chi connectivity index (χ0v) is 15.6. The molecule has 0 aliphatic heterocycles. The molecule has 2 aromatic carbocycles. The quantitative estimate of drug-likeness (QED) is 0.465. The molecule has 132 valence electrons. The minimum absolute atomic E-state index is 0.353. The van der Waals surface area contributed by atoms with Crippen molar-refractivity contribution in [2.24, 2.45) is 4.99 Å². The van der Waals surface area contributed by atoms with Crippen LogP contribution in [0.2, 0.25) is 5.02 Å². The largest absolute Gasteiger partial charge is 0.465 e. The van der Waals surface area contributed by atoms with Crippen molar-refractivity contribution in [1.29, 1.82) is 0 Å². The number of aryl methyl sites for hydroxylation is 2. The Morgan fingerprint density at radius 3 is 2.62 bits per heavy atom. The minimum Gasteiger partial charge on any atom is -0.465 e. The number of carbonyl (C=O) groups excluding carboxylic acids is 1. The number of carbonyl (C=O) groups is 1. The Labute approximate surface area is 157 Å². The van der Waals surface area contributed by atoms with Crippen LogP contribution >= 0.6 is 11.6 Å². The van der Waals surface area contributed by atoms with Crippen molar-refractivity contribution in [3.8, 4) is 5.69 Å². The van der Waals surface area contributed by atoms with Crippen LogP contribution in [0.1, 0.15) is 27.2 Å². The van der Waals surface area contributed by atoms with Gasteiger partial charge in [0.05, 0.1) is 30.3 Å². The van der Waals surface area contributed by atoms with Crippen LogP contribution in [0, 0.1) is 13.8 Å². The van der Waals surface area contributed by atoms with Gasteiger partial charge >= 0.3 is 5.97 Å². The first-order chi connectivity index (χ1) is 12.5. The maximum Gasteiger partial charge on any atom is 0.337 e. The number of esters is 1. The number of rotatable bonds is 4. The normalized spacial score (nSPS) is 11.1. The number of benzene rings is 2. The van der Waals surface area contributed by atoms with E-state index < -0.39 is 0 Å². The summed E-state index contributed by atoms with van der Waals surface area (Å²) in [7, 11) is 1.37. The summed E-state index contributed by atoms with van der Waals surface area (Å²) in [5.74, 6) is -0.353. The summed E-state index contributed by atoms with van der Waals surface area (Å²) in [6.07, 6.45) is 3.77. The molecule has 0 fully saturated rings. The van der Waals surface area contributed by atoms with Gasteiger partial charge < -0.3 is 9.30 Å². The third-order valence-electron chi connectivity index (χ3n) is 4.17. The molecule has 0 aliphatic carbocycles. The molecule has 1 aromatic heterocycles. The number of ether oxygens (including phenoxy) is 1. The standard InChI is InChI=1S/C21H19ClN2O2/c1-14-6-8-17(12-19(14)22)24-10-4-5-18(24)13-23-20-9-7-16(11-15(20)2)21(25)26-3/h4-13H,1-3H3. The van der Waals surface area contributed by atoms with E-state index in [0.717, 1.165) is 33.2 Å². The van der Waals surface area contributed by atoms with Gasteiger partial charge in [-0.1, -0.05) is 17.7 Å². The van der Waals surface area contributed by atoms with Gasteiger partial charge in [0.25, 0.3) is 0 Å². The molecule has 3 aromatic rings. The van der Waals surface area contributed by atoms with E-state index in [4.69, 9.17) is 16.3 Å². The first kappa shape index (κ1) is 18.0. The predicted octanol–water partition coefficient (Wildman–Crippen LogP) is 5.28. The highest BCUT2D eigenvalue weighted by Crippen LogP contribution is 2.22. The van der Waals surface area contributed by atoms with Gasteiger partial charge in [-0.15, -0.1) is 0 Å². The molecule has 26 heavy (non-hydrogen) atoms. The molecule has 0 unspecified atom stereocenters. The van der Waals surface area contributed by atoms with E-state index in [1.165, 1.54) is 7.11 Å². The molecule has 3 rings (SSSR count). The van der Waals surface area contributed by atoms with E-state index in [1.54, 1.807) is 18.3 Å². The zero-order valence-electron chi connectivity index (χ0n) is 14.9. The van der Waals surface area contributed by atoms with E-state index in [2.05, 4.69) is 4.99 Å². The average molecular weight is 367 g/mol. The number of aromatic nitrogens is 1. The monoisotopic (exact) mass is 366 g/mol. The summed E-state index contributed by atoms with van der Waals surface area (Å²) in [5.41, 5.74) is 5.17. The Morgan fingerprint density at radius 2 is 1.92 bits per heavy atom. The summed E-state index contributed by atoms with van der Waals surface area (Å²) in [6.45, 7) is 3.89. The van der Waals surface area contributed by atoms with Crippen LogP contribution in [-0.4, -0.2) is 23.9 Å². The second kappa shape index (κ2) is 7.58. The van der Waals surface area contributed by atoms with E-state index in [1.807, 2.05) is 61.0 Å². The van der Waals surface area contributed by atoms with Crippen LogP contribution < -0.4 is 0 Å². The first-order valence-corrected chi connectivity index (χ1v) is 8.54. The maximum atomic E-state index is 11.6. The maximum absolute atomic E-state index is 11.6. The molecule has 4 nitrogen and oxygen atoms in total. The van der Waals surface area contributed by atoms with Crippen LogP contribution in [0.5, 0.6) is 0 Å². The molecule has 0 N–H and O–H groups in total. The second-order valence-corrected chi connectivity index (χ2v) is 6.39. The second-order valence-electron chi connectivity index (χ2n) is 5.99. The molecule has 0 aliphatic rings. The molecule has 0 saturated heterocycles. The molecule has 0 radical (unpaired) electrons. The average Bonchev–Trinajstić information content (AvgIpc) is 3.10. The highest BCUT2D eigenvalue weighted by atomic mass is 35.5. The lowest BCUT2D eigenvalue weighted by molar-refractivity contribution is 0.0600. The van der Waals surface area contributed by atoms with Gasteiger partial charge in [0, 0.05) is 16.9 Å². The van der Waals surface area contributed by atoms with Crippen molar-refractivity contribution >= 4 is 29.5 Å². The fourth-order valence-corrected chi connectivity index (χ4v) is 2.82. The Morgan fingerprint density at radius 1 is 1.12 bits per heavy atom. The smallest absolute Gasteiger partial charge is 0.337 e. The van der Waals surface area contributed by atoms with Crippen molar-refractivity contribution in [3.05, 3.63) is 82.1 Å². The molecule has 0 atom stereocenters. The highest BCUT2D eigenvalue weighted by molar-refractivity contribution is 6.31. The summed E-state index contributed by atoms with van der Waals surface area (Å²) >= 11 is 6.24. The molecule has 1 heterocycles. The summed E-state index contributed by atoms with van der Waals surface area (Å²) in [6, 6.07) is 15.2. The van der Waals surface area contributed by atoms with Crippen LogP contribution in [0.4, 0.5) is 5.69 Å². The summed E-state index contributed by atoms with van der Waals surface area (Å²) in [5, 5.41) is 0.730. The topological polar surface area (TPSA) is 43.6 Å². The van der Waals surface area contributed by atoms with Crippen molar-refractivity contribution < 1.29 is 9.53 Å². The lowest BCUT2D eigenvalue weighted by Gasteiger charge is -2.08. The number of aliphatic imine (C=N–C) groups is 1. The van der Waals surface area contributed by atoms with Crippen LogP contribution in [0.3, 0.4) is 0 Å². The van der Waals surface area contributed by atoms with Gasteiger partial charge in [-0.05, 0) is 67.4 Å². The van der Waals surface area contributed by atoms with Gasteiger partial charge in [0.1, 0.15) is 0 Å². The third-order valence-corrected chi connectivity index (χ3v) is 4.57. The van der Waals surface area contributed by atoms with Crippen LogP contribution in [0.25, 0.3) is 5.69 Å². The number of hydrogen-bond acceptors (Lipinski definition) is 3. The highest BCUT2D eigenvalue weighted by Gasteiger charge is 2.07. The lowest BCUT2D eigenvalue weighted by Crippen LogP contribution is -2.01. The minimum atomic E-state index is -0.353.